The van der Waals surface area contributed by atoms with Crippen LogP contribution in [0.25, 0.3) is 0 Å². The van der Waals surface area contributed by atoms with E-state index in [9.17, 15) is 9.50 Å². The number of aliphatic hydroxyl groups excluding tert-OH is 1. The Balaban J connectivity index is 3.07. The molecular weight excluding hydrogens is 169 g/mol. The molecule has 1 unspecified atom stereocenters. The fourth-order valence-corrected chi connectivity index (χ4v) is 1.25. The molecule has 13 heavy (non-hydrogen) atoms. The van der Waals surface area contributed by atoms with E-state index in [0.29, 0.717) is 11.1 Å². The normalized spacial score (nSPS) is 15.5. The second-order valence-electron chi connectivity index (χ2n) is 3.22. The summed E-state index contributed by atoms with van der Waals surface area (Å²) in [5, 5.41) is 9.24. The third-order valence-electron chi connectivity index (χ3n) is 2.19. The molecule has 0 fully saturated rings. The second-order valence-corrected chi connectivity index (χ2v) is 3.22. The third-order valence-corrected chi connectivity index (χ3v) is 2.19. The van der Waals surface area contributed by atoms with Gasteiger partial charge in [-0.05, 0) is 31.0 Å². The fourth-order valence-electron chi connectivity index (χ4n) is 1.25. The molecule has 0 saturated heterocycles. The molecule has 0 amide bonds. The highest BCUT2D eigenvalue weighted by molar-refractivity contribution is 5.30. The molecule has 72 valence electrons. The van der Waals surface area contributed by atoms with Crippen LogP contribution in [0.5, 0.6) is 0 Å². The molecule has 3 heteroatoms. The van der Waals surface area contributed by atoms with E-state index >= 15 is 0 Å². The molecule has 0 spiro atoms. The van der Waals surface area contributed by atoms with Gasteiger partial charge in [0.05, 0.1) is 12.1 Å². The lowest BCUT2D eigenvalue weighted by atomic mass is 9.98. The lowest BCUT2D eigenvalue weighted by Crippen LogP contribution is -2.24. The van der Waals surface area contributed by atoms with Gasteiger partial charge in [0.2, 0.25) is 0 Å². The summed E-state index contributed by atoms with van der Waals surface area (Å²) in [5.41, 5.74) is 6.86. The highest BCUT2D eigenvalue weighted by Crippen LogP contribution is 2.20. The quantitative estimate of drug-likeness (QED) is 0.730. The summed E-state index contributed by atoms with van der Waals surface area (Å²) >= 11 is 0. The van der Waals surface area contributed by atoms with Gasteiger partial charge in [0.25, 0.3) is 0 Å². The average molecular weight is 183 g/mol. The Morgan fingerprint density at radius 2 is 2.08 bits per heavy atom. The first-order chi connectivity index (χ1) is 6.04. The van der Waals surface area contributed by atoms with E-state index in [1.165, 1.54) is 6.07 Å². The van der Waals surface area contributed by atoms with Gasteiger partial charge in [-0.15, -0.1) is 0 Å². The Kier molecular flexibility index (Phi) is 3.01. The van der Waals surface area contributed by atoms with E-state index in [0.717, 1.165) is 0 Å². The smallest absolute Gasteiger partial charge is 0.126 e. The second kappa shape index (κ2) is 3.85. The van der Waals surface area contributed by atoms with Crippen molar-refractivity contribution < 1.29 is 9.50 Å². The molecule has 0 heterocycles. The third kappa shape index (κ3) is 2.05. The minimum Gasteiger partial charge on any atom is -0.391 e. The van der Waals surface area contributed by atoms with E-state index < -0.39 is 12.1 Å². The molecule has 0 aliphatic carbocycles. The first kappa shape index (κ1) is 10.2. The van der Waals surface area contributed by atoms with Gasteiger partial charge in [-0.3, -0.25) is 0 Å². The standard InChI is InChI=1S/C10H14FNO/c1-6-8(10(12)7(2)13)4-3-5-9(6)11/h3-5,7,10,13H,12H2,1-2H3/t7?,10-/m0/s1. The topological polar surface area (TPSA) is 46.2 Å². The highest BCUT2D eigenvalue weighted by Gasteiger charge is 2.15. The van der Waals surface area contributed by atoms with Crippen LogP contribution in [0.1, 0.15) is 24.1 Å². The number of hydrogen-bond donors (Lipinski definition) is 2. The monoisotopic (exact) mass is 183 g/mol. The number of hydrogen-bond acceptors (Lipinski definition) is 2. The van der Waals surface area contributed by atoms with Gasteiger partial charge in [-0.2, -0.15) is 0 Å². The zero-order valence-corrected chi connectivity index (χ0v) is 7.79. The van der Waals surface area contributed by atoms with Crippen molar-refractivity contribution in [2.75, 3.05) is 0 Å². The van der Waals surface area contributed by atoms with Crippen LogP contribution in [0.4, 0.5) is 4.39 Å². The summed E-state index contributed by atoms with van der Waals surface area (Å²) in [6.07, 6.45) is -0.666. The number of aliphatic hydroxyl groups is 1. The molecule has 3 N–H and O–H groups in total. The summed E-state index contributed by atoms with van der Waals surface area (Å²) in [5.74, 6) is -0.284. The van der Waals surface area contributed by atoms with Crippen LogP contribution in [0.15, 0.2) is 18.2 Å². The predicted octanol–water partition coefficient (Wildman–Crippen LogP) is 1.51. The number of nitrogens with two attached hydrogens (primary N) is 1. The lowest BCUT2D eigenvalue weighted by molar-refractivity contribution is 0.164. The zero-order chi connectivity index (χ0) is 10.0. The van der Waals surface area contributed by atoms with Gasteiger partial charge in [-0.1, -0.05) is 12.1 Å². The maximum absolute atomic E-state index is 13.1. The predicted molar refractivity (Wildman–Crippen MR) is 49.7 cm³/mol. The molecular formula is C10H14FNO. The average Bonchev–Trinajstić information content (AvgIpc) is 2.08. The summed E-state index contributed by atoms with van der Waals surface area (Å²) in [6.45, 7) is 3.25. The molecule has 0 aliphatic heterocycles. The van der Waals surface area contributed by atoms with Gasteiger partial charge in [-0.25, -0.2) is 4.39 Å². The molecule has 0 aromatic heterocycles. The van der Waals surface area contributed by atoms with E-state index in [1.54, 1.807) is 26.0 Å². The fraction of sp³-hybridized carbons (Fsp3) is 0.400. The first-order valence-electron chi connectivity index (χ1n) is 4.22. The van der Waals surface area contributed by atoms with Crippen LogP contribution >= 0.6 is 0 Å². The van der Waals surface area contributed by atoms with Crippen molar-refractivity contribution in [1.29, 1.82) is 0 Å². The van der Waals surface area contributed by atoms with Crippen molar-refractivity contribution in [3.05, 3.63) is 35.1 Å². The van der Waals surface area contributed by atoms with Gasteiger partial charge < -0.3 is 10.8 Å². The van der Waals surface area contributed by atoms with E-state index in [2.05, 4.69) is 0 Å². The van der Waals surface area contributed by atoms with Gasteiger partial charge in [0.1, 0.15) is 5.82 Å². The van der Waals surface area contributed by atoms with Gasteiger partial charge in [0.15, 0.2) is 0 Å². The maximum Gasteiger partial charge on any atom is 0.126 e. The van der Waals surface area contributed by atoms with E-state index in [-0.39, 0.29) is 5.82 Å². The maximum atomic E-state index is 13.1. The van der Waals surface area contributed by atoms with Crippen LogP contribution in [-0.4, -0.2) is 11.2 Å². The van der Waals surface area contributed by atoms with Crippen molar-refractivity contribution in [3.8, 4) is 0 Å². The first-order valence-corrected chi connectivity index (χ1v) is 4.22. The number of halogens is 1. The summed E-state index contributed by atoms with van der Waals surface area (Å²) in [4.78, 5) is 0. The molecule has 1 rings (SSSR count). The molecule has 0 bridgehead atoms. The van der Waals surface area contributed by atoms with Crippen LogP contribution in [0.3, 0.4) is 0 Å². The Morgan fingerprint density at radius 3 is 2.62 bits per heavy atom. The highest BCUT2D eigenvalue weighted by atomic mass is 19.1. The molecule has 0 aliphatic rings. The van der Waals surface area contributed by atoms with Crippen LogP contribution in [0, 0.1) is 12.7 Å². The zero-order valence-electron chi connectivity index (χ0n) is 7.79. The molecule has 2 nitrogen and oxygen atoms in total. The Labute approximate surface area is 77.2 Å². The molecule has 0 radical (unpaired) electrons. The molecule has 0 saturated carbocycles. The lowest BCUT2D eigenvalue weighted by Gasteiger charge is -2.17. The Morgan fingerprint density at radius 1 is 1.46 bits per heavy atom. The van der Waals surface area contributed by atoms with Crippen molar-refractivity contribution >= 4 is 0 Å². The van der Waals surface area contributed by atoms with Crippen LogP contribution in [-0.2, 0) is 0 Å². The minimum absolute atomic E-state index is 0.284. The van der Waals surface area contributed by atoms with Crippen LogP contribution < -0.4 is 5.73 Å². The van der Waals surface area contributed by atoms with Crippen molar-refractivity contribution in [1.82, 2.24) is 0 Å². The van der Waals surface area contributed by atoms with Crippen LogP contribution in [0.2, 0.25) is 0 Å². The molecule has 1 aromatic carbocycles. The Bertz CT molecular complexity index is 299. The summed E-state index contributed by atoms with van der Waals surface area (Å²) < 4.78 is 13.1. The van der Waals surface area contributed by atoms with Gasteiger partial charge >= 0.3 is 0 Å². The van der Waals surface area contributed by atoms with Gasteiger partial charge in [0, 0.05) is 0 Å². The largest absolute Gasteiger partial charge is 0.391 e. The molecule has 2 atom stereocenters. The Hall–Kier alpha value is -0.930. The summed E-state index contributed by atoms with van der Waals surface area (Å²) in [7, 11) is 0. The van der Waals surface area contributed by atoms with E-state index in [4.69, 9.17) is 5.73 Å². The SMILES string of the molecule is Cc1c(F)cccc1[C@@H](N)C(C)O. The summed E-state index contributed by atoms with van der Waals surface area (Å²) in [6, 6.07) is 4.19. The minimum atomic E-state index is -0.666. The van der Waals surface area contributed by atoms with Crippen molar-refractivity contribution in [2.45, 2.75) is 26.0 Å². The van der Waals surface area contributed by atoms with Crippen molar-refractivity contribution in [3.63, 3.8) is 0 Å². The number of rotatable bonds is 2. The number of benzene rings is 1. The molecule has 1 aromatic rings. The van der Waals surface area contributed by atoms with Crippen molar-refractivity contribution in [2.24, 2.45) is 5.73 Å². The van der Waals surface area contributed by atoms with E-state index in [1.807, 2.05) is 0 Å².